The van der Waals surface area contributed by atoms with Gasteiger partial charge in [0.15, 0.2) is 9.84 Å². The number of hydrogen-bond acceptors (Lipinski definition) is 4. The van der Waals surface area contributed by atoms with Crippen molar-refractivity contribution in [1.29, 1.82) is 0 Å². The molecule has 0 spiro atoms. The second kappa shape index (κ2) is 7.66. The number of para-hydroxylation sites is 1. The van der Waals surface area contributed by atoms with Gasteiger partial charge in [0, 0.05) is 11.7 Å². The number of anilines is 1. The number of hydrogen-bond donors (Lipinski definition) is 2. The van der Waals surface area contributed by atoms with Crippen LogP contribution >= 0.6 is 0 Å². The van der Waals surface area contributed by atoms with Crippen LogP contribution in [0.4, 0.5) is 5.69 Å². The fraction of sp³-hybridized carbons (Fsp3) is 0.611. The smallest absolute Gasteiger partial charge is 0.238 e. The van der Waals surface area contributed by atoms with Crippen molar-refractivity contribution in [2.45, 2.75) is 52.0 Å². The van der Waals surface area contributed by atoms with Gasteiger partial charge in [-0.3, -0.25) is 4.79 Å². The first-order valence-electron chi connectivity index (χ1n) is 8.56. The summed E-state index contributed by atoms with van der Waals surface area (Å²) in [5.74, 6) is 0.827. The molecule has 1 fully saturated rings. The van der Waals surface area contributed by atoms with Crippen molar-refractivity contribution in [2.24, 2.45) is 0 Å². The Morgan fingerprint density at radius 1 is 1.17 bits per heavy atom. The van der Waals surface area contributed by atoms with E-state index < -0.39 is 9.84 Å². The molecule has 1 unspecified atom stereocenters. The molecule has 1 atom stereocenters. The highest BCUT2D eigenvalue weighted by Crippen LogP contribution is 2.32. The highest BCUT2D eigenvalue weighted by atomic mass is 32.2. The number of amides is 1. The third-order valence-corrected chi connectivity index (χ3v) is 6.19. The Labute approximate surface area is 145 Å². The van der Waals surface area contributed by atoms with Gasteiger partial charge >= 0.3 is 0 Å². The molecule has 134 valence electrons. The average Bonchev–Trinajstić information content (AvgIpc) is 2.84. The van der Waals surface area contributed by atoms with Gasteiger partial charge < -0.3 is 10.6 Å². The molecule has 1 amide bonds. The number of carbonyl (C=O) groups excluding carboxylic acids is 1. The third kappa shape index (κ3) is 4.80. The van der Waals surface area contributed by atoms with E-state index in [-0.39, 0.29) is 30.0 Å². The second-order valence-electron chi connectivity index (χ2n) is 7.15. The van der Waals surface area contributed by atoms with E-state index >= 15 is 0 Å². The van der Waals surface area contributed by atoms with Gasteiger partial charge in [-0.15, -0.1) is 0 Å². The van der Waals surface area contributed by atoms with E-state index in [4.69, 9.17) is 0 Å². The standard InChI is InChI=1S/C18H28N2O3S/c1-12(2)15-6-5-7-16(13(3)4)18(15)20-17(21)10-19-14-8-9-24(22,23)11-14/h5-7,12-14,19H,8-11H2,1-4H3,(H,20,21). The van der Waals surface area contributed by atoms with Crippen LogP contribution in [0.15, 0.2) is 18.2 Å². The summed E-state index contributed by atoms with van der Waals surface area (Å²) in [4.78, 5) is 12.4. The van der Waals surface area contributed by atoms with Crippen LogP contribution in [-0.4, -0.2) is 38.4 Å². The number of sulfone groups is 1. The number of benzene rings is 1. The summed E-state index contributed by atoms with van der Waals surface area (Å²) in [7, 11) is -2.93. The minimum Gasteiger partial charge on any atom is -0.324 e. The van der Waals surface area contributed by atoms with E-state index in [1.807, 2.05) is 18.2 Å². The number of nitrogens with one attached hydrogen (secondary N) is 2. The van der Waals surface area contributed by atoms with Crippen LogP contribution in [0.1, 0.15) is 57.1 Å². The maximum Gasteiger partial charge on any atom is 0.238 e. The Morgan fingerprint density at radius 3 is 2.21 bits per heavy atom. The first kappa shape index (κ1) is 18.9. The lowest BCUT2D eigenvalue weighted by atomic mass is 9.92. The van der Waals surface area contributed by atoms with Crippen molar-refractivity contribution in [3.8, 4) is 0 Å². The predicted octanol–water partition coefficient (Wildman–Crippen LogP) is 2.65. The zero-order chi connectivity index (χ0) is 17.9. The topological polar surface area (TPSA) is 75.3 Å². The minimum absolute atomic E-state index is 0.120. The summed E-state index contributed by atoms with van der Waals surface area (Å²) in [5.41, 5.74) is 3.14. The maximum absolute atomic E-state index is 12.4. The fourth-order valence-electron chi connectivity index (χ4n) is 3.07. The highest BCUT2D eigenvalue weighted by Gasteiger charge is 2.27. The van der Waals surface area contributed by atoms with E-state index in [0.717, 1.165) is 16.8 Å². The van der Waals surface area contributed by atoms with E-state index in [1.54, 1.807) is 0 Å². The summed E-state index contributed by atoms with van der Waals surface area (Å²) in [6.07, 6.45) is 0.579. The van der Waals surface area contributed by atoms with Crippen molar-refractivity contribution in [2.75, 3.05) is 23.4 Å². The normalized spacial score (nSPS) is 19.8. The Balaban J connectivity index is 2.05. The Bertz CT molecular complexity index is 670. The minimum atomic E-state index is -2.93. The third-order valence-electron chi connectivity index (χ3n) is 4.42. The molecule has 0 bridgehead atoms. The lowest BCUT2D eigenvalue weighted by Gasteiger charge is -2.20. The molecule has 0 radical (unpaired) electrons. The van der Waals surface area contributed by atoms with Crippen LogP contribution in [0.3, 0.4) is 0 Å². The quantitative estimate of drug-likeness (QED) is 0.825. The molecule has 24 heavy (non-hydrogen) atoms. The van der Waals surface area contributed by atoms with E-state index in [0.29, 0.717) is 18.3 Å². The van der Waals surface area contributed by atoms with Crippen LogP contribution < -0.4 is 10.6 Å². The summed E-state index contributed by atoms with van der Waals surface area (Å²) in [6.45, 7) is 8.56. The lowest BCUT2D eigenvalue weighted by Crippen LogP contribution is -2.37. The van der Waals surface area contributed by atoms with Crippen LogP contribution in [0, 0.1) is 0 Å². The molecule has 1 aliphatic heterocycles. The van der Waals surface area contributed by atoms with Gasteiger partial charge in [0.05, 0.1) is 18.1 Å². The van der Waals surface area contributed by atoms with Crippen LogP contribution in [0.25, 0.3) is 0 Å². The van der Waals surface area contributed by atoms with Gasteiger partial charge in [-0.25, -0.2) is 8.42 Å². The first-order valence-corrected chi connectivity index (χ1v) is 10.4. The predicted molar refractivity (Wildman–Crippen MR) is 98.3 cm³/mol. The summed E-state index contributed by atoms with van der Waals surface area (Å²) in [5, 5.41) is 6.10. The van der Waals surface area contributed by atoms with E-state index in [2.05, 4.69) is 38.3 Å². The van der Waals surface area contributed by atoms with Crippen LogP contribution in [0.2, 0.25) is 0 Å². The van der Waals surface area contributed by atoms with E-state index in [1.165, 1.54) is 0 Å². The van der Waals surface area contributed by atoms with Crippen molar-refractivity contribution < 1.29 is 13.2 Å². The van der Waals surface area contributed by atoms with Gasteiger partial charge in [0.25, 0.3) is 0 Å². The molecular formula is C18H28N2O3S. The van der Waals surface area contributed by atoms with Gasteiger partial charge in [0.2, 0.25) is 5.91 Å². The van der Waals surface area contributed by atoms with Gasteiger partial charge in [-0.05, 0) is 29.4 Å². The number of carbonyl (C=O) groups is 1. The maximum atomic E-state index is 12.4. The zero-order valence-electron chi connectivity index (χ0n) is 14.9. The van der Waals surface area contributed by atoms with Crippen LogP contribution in [-0.2, 0) is 14.6 Å². The molecule has 0 aromatic heterocycles. The van der Waals surface area contributed by atoms with Gasteiger partial charge in [0.1, 0.15) is 0 Å². The van der Waals surface area contributed by atoms with Gasteiger partial charge in [-0.1, -0.05) is 45.9 Å². The first-order chi connectivity index (χ1) is 11.2. The van der Waals surface area contributed by atoms with E-state index in [9.17, 15) is 13.2 Å². The molecule has 1 aromatic rings. The van der Waals surface area contributed by atoms with Crippen LogP contribution in [0.5, 0.6) is 0 Å². The largest absolute Gasteiger partial charge is 0.324 e. The Kier molecular flexibility index (Phi) is 6.04. The molecule has 1 heterocycles. The van der Waals surface area contributed by atoms with Crippen molar-refractivity contribution >= 4 is 21.4 Å². The molecule has 0 aliphatic carbocycles. The SMILES string of the molecule is CC(C)c1cccc(C(C)C)c1NC(=O)CNC1CCS(=O)(=O)C1. The zero-order valence-corrected chi connectivity index (χ0v) is 15.7. The molecule has 2 N–H and O–H groups in total. The van der Waals surface area contributed by atoms with Crippen molar-refractivity contribution in [3.05, 3.63) is 29.3 Å². The molecule has 5 nitrogen and oxygen atoms in total. The lowest BCUT2D eigenvalue weighted by molar-refractivity contribution is -0.115. The molecule has 1 aromatic carbocycles. The second-order valence-corrected chi connectivity index (χ2v) is 9.38. The van der Waals surface area contributed by atoms with Crippen molar-refractivity contribution in [3.63, 3.8) is 0 Å². The average molecular weight is 353 g/mol. The Morgan fingerprint density at radius 2 is 1.75 bits per heavy atom. The molecule has 1 saturated heterocycles. The summed E-state index contributed by atoms with van der Waals surface area (Å²) in [6, 6.07) is 6.00. The summed E-state index contributed by atoms with van der Waals surface area (Å²) < 4.78 is 23.0. The fourth-order valence-corrected chi connectivity index (χ4v) is 4.78. The van der Waals surface area contributed by atoms with Gasteiger partial charge in [-0.2, -0.15) is 0 Å². The Hall–Kier alpha value is -1.40. The molecule has 1 aliphatic rings. The summed E-state index contributed by atoms with van der Waals surface area (Å²) >= 11 is 0. The molecule has 2 rings (SSSR count). The molecule has 6 heteroatoms. The monoisotopic (exact) mass is 352 g/mol. The molecular weight excluding hydrogens is 324 g/mol. The molecule has 0 saturated carbocycles. The number of rotatable bonds is 6. The highest BCUT2D eigenvalue weighted by molar-refractivity contribution is 7.91. The van der Waals surface area contributed by atoms with Crippen molar-refractivity contribution in [1.82, 2.24) is 5.32 Å².